The maximum atomic E-state index is 12.3. The van der Waals surface area contributed by atoms with Gasteiger partial charge >= 0.3 is 0 Å². The molecule has 0 saturated heterocycles. The summed E-state index contributed by atoms with van der Waals surface area (Å²) in [7, 11) is -3.55. The summed E-state index contributed by atoms with van der Waals surface area (Å²) in [6.07, 6.45) is 1.95. The summed E-state index contributed by atoms with van der Waals surface area (Å²) in [5.74, 6) is 5.52. The van der Waals surface area contributed by atoms with E-state index in [0.717, 1.165) is 5.56 Å². The molecule has 0 heterocycles. The van der Waals surface area contributed by atoms with Crippen LogP contribution in [0.15, 0.2) is 23.1 Å². The van der Waals surface area contributed by atoms with Crippen LogP contribution in [0.2, 0.25) is 0 Å². The Bertz CT molecular complexity index is 616. The van der Waals surface area contributed by atoms with Crippen molar-refractivity contribution in [1.82, 2.24) is 4.72 Å². The molecule has 0 amide bonds. The Morgan fingerprint density at radius 1 is 1.45 bits per heavy atom. The molecule has 1 atom stereocenters. The van der Waals surface area contributed by atoms with Crippen molar-refractivity contribution >= 4 is 21.8 Å². The van der Waals surface area contributed by atoms with E-state index in [4.69, 9.17) is 5.73 Å². The highest BCUT2D eigenvalue weighted by Gasteiger charge is 2.18. The second-order valence-corrected chi connectivity index (χ2v) is 7.42. The lowest BCUT2D eigenvalue weighted by Crippen LogP contribution is -2.30. The summed E-state index contributed by atoms with van der Waals surface area (Å²) in [4.78, 5) is 0.206. The van der Waals surface area contributed by atoms with Gasteiger partial charge in [0.25, 0.3) is 0 Å². The van der Waals surface area contributed by atoms with Crippen LogP contribution in [-0.4, -0.2) is 33.0 Å². The van der Waals surface area contributed by atoms with Crippen molar-refractivity contribution in [3.05, 3.63) is 29.3 Å². The van der Waals surface area contributed by atoms with E-state index in [9.17, 15) is 8.42 Å². The van der Waals surface area contributed by atoms with Gasteiger partial charge in [0, 0.05) is 17.4 Å². The van der Waals surface area contributed by atoms with E-state index in [1.807, 2.05) is 20.1 Å². The van der Waals surface area contributed by atoms with Gasteiger partial charge in [-0.3, -0.25) is 0 Å². The standard InChI is InChI=1S/C14H20N2O2S2/c1-11-6-7-14(13(9-11)5-4-8-15)20(17,18)16-10-12(2)19-3/h6-7,9,12,16H,8,10,15H2,1-3H3. The highest BCUT2D eigenvalue weighted by molar-refractivity contribution is 7.99. The number of rotatable bonds is 5. The summed E-state index contributed by atoms with van der Waals surface area (Å²) in [6.45, 7) is 4.45. The van der Waals surface area contributed by atoms with Crippen molar-refractivity contribution < 1.29 is 8.42 Å². The number of thioether (sulfide) groups is 1. The largest absolute Gasteiger partial charge is 0.320 e. The van der Waals surface area contributed by atoms with Crippen molar-refractivity contribution in [2.24, 2.45) is 5.73 Å². The van der Waals surface area contributed by atoms with Crippen LogP contribution in [0.25, 0.3) is 0 Å². The lowest BCUT2D eigenvalue weighted by molar-refractivity contribution is 0.581. The highest BCUT2D eigenvalue weighted by Crippen LogP contribution is 2.17. The van der Waals surface area contributed by atoms with Crippen molar-refractivity contribution in [3.8, 4) is 11.8 Å². The summed E-state index contributed by atoms with van der Waals surface area (Å²) in [6, 6.07) is 5.11. The summed E-state index contributed by atoms with van der Waals surface area (Å²) in [5.41, 5.74) is 6.80. The lowest BCUT2D eigenvalue weighted by atomic mass is 10.1. The molecule has 1 aromatic carbocycles. The van der Waals surface area contributed by atoms with Crippen LogP contribution >= 0.6 is 11.8 Å². The smallest absolute Gasteiger partial charge is 0.241 e. The Labute approximate surface area is 125 Å². The van der Waals surface area contributed by atoms with Gasteiger partial charge in [-0.1, -0.05) is 24.8 Å². The third-order valence-corrected chi connectivity index (χ3v) is 5.17. The van der Waals surface area contributed by atoms with E-state index in [-0.39, 0.29) is 16.7 Å². The Balaban J connectivity index is 3.11. The molecular weight excluding hydrogens is 292 g/mol. The Morgan fingerprint density at radius 3 is 2.75 bits per heavy atom. The quantitative estimate of drug-likeness (QED) is 0.805. The van der Waals surface area contributed by atoms with Crippen LogP contribution in [0.1, 0.15) is 18.1 Å². The molecule has 6 heteroatoms. The van der Waals surface area contributed by atoms with Gasteiger partial charge in [-0.2, -0.15) is 11.8 Å². The van der Waals surface area contributed by atoms with Crippen LogP contribution in [0, 0.1) is 18.8 Å². The zero-order chi connectivity index (χ0) is 15.2. The molecule has 0 aliphatic heterocycles. The number of benzene rings is 1. The average molecular weight is 312 g/mol. The van der Waals surface area contributed by atoms with Crippen LogP contribution in [0.4, 0.5) is 0 Å². The van der Waals surface area contributed by atoms with Crippen LogP contribution < -0.4 is 10.5 Å². The minimum atomic E-state index is -3.55. The maximum absolute atomic E-state index is 12.3. The van der Waals surface area contributed by atoms with Gasteiger partial charge in [0.2, 0.25) is 10.0 Å². The summed E-state index contributed by atoms with van der Waals surface area (Å²) >= 11 is 1.61. The first-order valence-corrected chi connectivity index (χ1v) is 9.00. The predicted molar refractivity (Wildman–Crippen MR) is 85.3 cm³/mol. The number of sulfonamides is 1. The molecule has 0 aromatic heterocycles. The van der Waals surface area contributed by atoms with Crippen LogP contribution in [-0.2, 0) is 10.0 Å². The van der Waals surface area contributed by atoms with E-state index >= 15 is 0 Å². The van der Waals surface area contributed by atoms with Gasteiger partial charge in [-0.25, -0.2) is 13.1 Å². The molecule has 0 radical (unpaired) electrons. The van der Waals surface area contributed by atoms with Crippen LogP contribution in [0.5, 0.6) is 0 Å². The Morgan fingerprint density at radius 2 is 2.15 bits per heavy atom. The molecule has 20 heavy (non-hydrogen) atoms. The number of nitrogens with one attached hydrogen (secondary N) is 1. The highest BCUT2D eigenvalue weighted by atomic mass is 32.2. The third-order valence-electron chi connectivity index (χ3n) is 2.71. The van der Waals surface area contributed by atoms with Gasteiger partial charge < -0.3 is 5.73 Å². The monoisotopic (exact) mass is 312 g/mol. The zero-order valence-corrected chi connectivity index (χ0v) is 13.6. The predicted octanol–water partition coefficient (Wildman–Crippen LogP) is 1.34. The molecule has 0 aliphatic carbocycles. The molecule has 1 aromatic rings. The van der Waals surface area contributed by atoms with E-state index < -0.39 is 10.0 Å². The maximum Gasteiger partial charge on any atom is 0.241 e. The topological polar surface area (TPSA) is 72.2 Å². The van der Waals surface area contributed by atoms with E-state index in [1.165, 1.54) is 0 Å². The molecule has 3 N–H and O–H groups in total. The second kappa shape index (κ2) is 7.70. The second-order valence-electron chi connectivity index (χ2n) is 4.40. The summed E-state index contributed by atoms with van der Waals surface area (Å²) < 4.78 is 27.3. The summed E-state index contributed by atoms with van der Waals surface area (Å²) in [5, 5.41) is 0.216. The molecule has 0 aliphatic rings. The number of nitrogens with two attached hydrogens (primary N) is 1. The number of hydrogen-bond acceptors (Lipinski definition) is 4. The Hall–Kier alpha value is -1.00. The van der Waals surface area contributed by atoms with Gasteiger partial charge in [0.15, 0.2) is 0 Å². The average Bonchev–Trinajstić information content (AvgIpc) is 2.42. The molecule has 4 nitrogen and oxygen atoms in total. The Kier molecular flexibility index (Phi) is 6.56. The minimum Gasteiger partial charge on any atom is -0.320 e. The first kappa shape index (κ1) is 17.1. The normalized spacial score (nSPS) is 12.6. The molecule has 1 rings (SSSR count). The van der Waals surface area contributed by atoms with Gasteiger partial charge in [0.05, 0.1) is 11.4 Å². The van der Waals surface area contributed by atoms with Crippen LogP contribution in [0.3, 0.4) is 0 Å². The van der Waals surface area contributed by atoms with Crippen molar-refractivity contribution in [1.29, 1.82) is 0 Å². The molecule has 0 fully saturated rings. The van der Waals surface area contributed by atoms with Crippen molar-refractivity contribution in [3.63, 3.8) is 0 Å². The fraction of sp³-hybridized carbons (Fsp3) is 0.429. The van der Waals surface area contributed by atoms with Gasteiger partial charge in [0.1, 0.15) is 0 Å². The number of aryl methyl sites for hydroxylation is 1. The van der Waals surface area contributed by atoms with E-state index in [0.29, 0.717) is 12.1 Å². The molecule has 0 saturated carbocycles. The van der Waals surface area contributed by atoms with Crippen molar-refractivity contribution in [2.75, 3.05) is 19.3 Å². The number of hydrogen-bond donors (Lipinski definition) is 2. The zero-order valence-electron chi connectivity index (χ0n) is 11.9. The SMILES string of the molecule is CSC(C)CNS(=O)(=O)c1ccc(C)cc1C#CCN. The van der Waals surface area contributed by atoms with E-state index in [1.54, 1.807) is 30.0 Å². The first-order valence-electron chi connectivity index (χ1n) is 6.22. The fourth-order valence-corrected chi connectivity index (χ4v) is 3.14. The van der Waals surface area contributed by atoms with Gasteiger partial charge in [-0.05, 0) is 30.9 Å². The lowest BCUT2D eigenvalue weighted by Gasteiger charge is -2.12. The molecule has 1 unspecified atom stereocenters. The molecule has 110 valence electrons. The van der Waals surface area contributed by atoms with E-state index in [2.05, 4.69) is 16.6 Å². The molecular formula is C14H20N2O2S2. The first-order chi connectivity index (χ1) is 9.40. The molecule has 0 spiro atoms. The molecule has 0 bridgehead atoms. The third kappa shape index (κ3) is 4.84. The van der Waals surface area contributed by atoms with Gasteiger partial charge in [-0.15, -0.1) is 0 Å². The minimum absolute atomic E-state index is 0.199. The fourth-order valence-electron chi connectivity index (χ4n) is 1.51. The van der Waals surface area contributed by atoms with Crippen molar-refractivity contribution in [2.45, 2.75) is 24.0 Å².